The van der Waals surface area contributed by atoms with E-state index in [0.29, 0.717) is 19.3 Å². The molecule has 0 aliphatic carbocycles. The molecule has 0 saturated carbocycles. The summed E-state index contributed by atoms with van der Waals surface area (Å²) >= 11 is 0. The first-order valence-electron chi connectivity index (χ1n) is 6.73. The molecule has 102 valence electrons. The molecule has 1 aliphatic rings. The van der Waals surface area contributed by atoms with Crippen molar-refractivity contribution < 1.29 is 9.47 Å². The van der Waals surface area contributed by atoms with Gasteiger partial charge in [0, 0.05) is 25.3 Å². The Bertz CT molecular complexity index is 348. The Morgan fingerprint density at radius 2 is 2.44 bits per heavy atom. The largest absolute Gasteiger partial charge is 0.376 e. The summed E-state index contributed by atoms with van der Waals surface area (Å²) in [5.74, 6) is 0. The van der Waals surface area contributed by atoms with Crippen molar-refractivity contribution in [2.24, 2.45) is 0 Å². The van der Waals surface area contributed by atoms with Crippen LogP contribution in [-0.2, 0) is 16.0 Å². The molecule has 5 nitrogen and oxygen atoms in total. The Morgan fingerprint density at radius 3 is 3.17 bits per heavy atom. The van der Waals surface area contributed by atoms with Gasteiger partial charge in [-0.1, -0.05) is 6.92 Å². The number of aromatic nitrogens is 2. The van der Waals surface area contributed by atoms with E-state index in [1.54, 1.807) is 0 Å². The predicted molar refractivity (Wildman–Crippen MR) is 69.5 cm³/mol. The van der Waals surface area contributed by atoms with E-state index >= 15 is 0 Å². The first-order chi connectivity index (χ1) is 8.79. The van der Waals surface area contributed by atoms with Crippen LogP contribution >= 0.6 is 0 Å². The minimum absolute atomic E-state index is 0.176. The average molecular weight is 253 g/mol. The molecule has 0 bridgehead atoms. The van der Waals surface area contributed by atoms with Crippen molar-refractivity contribution in [3.05, 3.63) is 18.0 Å². The molecule has 1 aliphatic heterocycles. The second-order valence-corrected chi connectivity index (χ2v) is 4.74. The van der Waals surface area contributed by atoms with Crippen molar-refractivity contribution in [2.75, 3.05) is 26.4 Å². The van der Waals surface area contributed by atoms with Crippen LogP contribution in [0.3, 0.4) is 0 Å². The highest BCUT2D eigenvalue weighted by Gasteiger charge is 2.13. The van der Waals surface area contributed by atoms with Gasteiger partial charge < -0.3 is 14.8 Å². The minimum Gasteiger partial charge on any atom is -0.376 e. The molecule has 0 radical (unpaired) electrons. The lowest BCUT2D eigenvalue weighted by molar-refractivity contribution is -0.0864. The summed E-state index contributed by atoms with van der Waals surface area (Å²) in [4.78, 5) is 0. The van der Waals surface area contributed by atoms with E-state index < -0.39 is 0 Å². The van der Waals surface area contributed by atoms with Gasteiger partial charge in [-0.15, -0.1) is 0 Å². The van der Waals surface area contributed by atoms with E-state index in [1.807, 2.05) is 10.9 Å². The molecule has 2 heterocycles. The first-order valence-corrected chi connectivity index (χ1v) is 6.73. The van der Waals surface area contributed by atoms with Crippen LogP contribution in [0.15, 0.2) is 12.3 Å². The smallest absolute Gasteiger partial charge is 0.0933 e. The van der Waals surface area contributed by atoms with Gasteiger partial charge in [-0.3, -0.25) is 4.68 Å². The second kappa shape index (κ2) is 6.87. The highest BCUT2D eigenvalue weighted by atomic mass is 16.6. The molecule has 2 unspecified atom stereocenters. The molecule has 5 heteroatoms. The topological polar surface area (TPSA) is 48.3 Å². The van der Waals surface area contributed by atoms with Gasteiger partial charge in [0.15, 0.2) is 0 Å². The van der Waals surface area contributed by atoms with Gasteiger partial charge in [0.1, 0.15) is 0 Å². The Labute approximate surface area is 108 Å². The van der Waals surface area contributed by atoms with Crippen molar-refractivity contribution in [1.82, 2.24) is 15.1 Å². The van der Waals surface area contributed by atoms with Gasteiger partial charge in [-0.05, 0) is 19.4 Å². The predicted octanol–water partition coefficient (Wildman–Crippen LogP) is 1.36. The van der Waals surface area contributed by atoms with Crippen molar-refractivity contribution in [3.8, 4) is 0 Å². The van der Waals surface area contributed by atoms with Crippen LogP contribution in [0.1, 0.15) is 32.0 Å². The number of nitrogens with zero attached hydrogens (tertiary/aromatic N) is 2. The van der Waals surface area contributed by atoms with Gasteiger partial charge >= 0.3 is 0 Å². The van der Waals surface area contributed by atoms with Crippen molar-refractivity contribution in [3.63, 3.8) is 0 Å². The number of hydrogen-bond donors (Lipinski definition) is 1. The lowest BCUT2D eigenvalue weighted by atomic mass is 10.3. The summed E-state index contributed by atoms with van der Waals surface area (Å²) < 4.78 is 12.9. The monoisotopic (exact) mass is 253 g/mol. The van der Waals surface area contributed by atoms with E-state index in [4.69, 9.17) is 9.47 Å². The van der Waals surface area contributed by atoms with Crippen LogP contribution < -0.4 is 5.32 Å². The molecule has 0 amide bonds. The SMILES string of the molecule is CCC(C)n1ccc(CNCC2COCCO2)n1. The molecule has 1 N–H and O–H groups in total. The van der Waals surface area contributed by atoms with Crippen LogP contribution in [0.5, 0.6) is 0 Å². The maximum Gasteiger partial charge on any atom is 0.0933 e. The second-order valence-electron chi connectivity index (χ2n) is 4.74. The first kappa shape index (κ1) is 13.5. The summed E-state index contributed by atoms with van der Waals surface area (Å²) in [6.45, 7) is 8.06. The fraction of sp³-hybridized carbons (Fsp3) is 0.769. The number of rotatable bonds is 6. The Hall–Kier alpha value is -0.910. The van der Waals surface area contributed by atoms with E-state index in [0.717, 1.165) is 31.8 Å². The zero-order valence-electron chi connectivity index (χ0n) is 11.3. The number of nitrogens with one attached hydrogen (secondary N) is 1. The van der Waals surface area contributed by atoms with Gasteiger partial charge in [0.25, 0.3) is 0 Å². The molecule has 0 spiro atoms. The van der Waals surface area contributed by atoms with Gasteiger partial charge in [0.2, 0.25) is 0 Å². The van der Waals surface area contributed by atoms with Crippen molar-refractivity contribution in [2.45, 2.75) is 39.0 Å². The lowest BCUT2D eigenvalue weighted by Gasteiger charge is -2.22. The van der Waals surface area contributed by atoms with E-state index in [-0.39, 0.29) is 6.10 Å². The summed E-state index contributed by atoms with van der Waals surface area (Å²) in [5.41, 5.74) is 1.08. The van der Waals surface area contributed by atoms with E-state index in [9.17, 15) is 0 Å². The third-order valence-corrected chi connectivity index (χ3v) is 3.27. The molecular weight excluding hydrogens is 230 g/mol. The van der Waals surface area contributed by atoms with Crippen LogP contribution in [0.25, 0.3) is 0 Å². The van der Waals surface area contributed by atoms with Crippen LogP contribution in [-0.4, -0.2) is 42.2 Å². The quantitative estimate of drug-likeness (QED) is 0.831. The zero-order chi connectivity index (χ0) is 12.8. The molecule has 1 aromatic heterocycles. The summed E-state index contributed by atoms with van der Waals surface area (Å²) in [7, 11) is 0. The maximum absolute atomic E-state index is 5.56. The normalized spacial score (nSPS) is 22.0. The van der Waals surface area contributed by atoms with Crippen molar-refractivity contribution in [1.29, 1.82) is 0 Å². The lowest BCUT2D eigenvalue weighted by Crippen LogP contribution is -2.37. The Kier molecular flexibility index (Phi) is 5.16. The van der Waals surface area contributed by atoms with Gasteiger partial charge in [-0.25, -0.2) is 0 Å². The molecule has 1 aromatic rings. The van der Waals surface area contributed by atoms with Crippen LogP contribution in [0.2, 0.25) is 0 Å². The Morgan fingerprint density at radius 1 is 1.56 bits per heavy atom. The van der Waals surface area contributed by atoms with E-state index in [1.165, 1.54) is 0 Å². The summed E-state index contributed by atoms with van der Waals surface area (Å²) in [6.07, 6.45) is 3.32. The number of ether oxygens (including phenoxy) is 2. The molecule has 18 heavy (non-hydrogen) atoms. The summed E-state index contributed by atoms with van der Waals surface area (Å²) in [5, 5.41) is 7.91. The molecule has 0 aromatic carbocycles. The molecule has 1 fully saturated rings. The molecule has 1 saturated heterocycles. The number of hydrogen-bond acceptors (Lipinski definition) is 4. The zero-order valence-corrected chi connectivity index (χ0v) is 11.3. The third kappa shape index (κ3) is 3.80. The highest BCUT2D eigenvalue weighted by Crippen LogP contribution is 2.09. The van der Waals surface area contributed by atoms with Crippen LogP contribution in [0, 0.1) is 0 Å². The molecule has 2 rings (SSSR count). The molecular formula is C13H23N3O2. The highest BCUT2D eigenvalue weighted by molar-refractivity contribution is 4.99. The standard InChI is InChI=1S/C13H23N3O2/c1-3-11(2)16-5-4-12(15-16)8-14-9-13-10-17-6-7-18-13/h4-5,11,13-14H,3,6-10H2,1-2H3. The minimum atomic E-state index is 0.176. The molecule has 2 atom stereocenters. The Balaban J connectivity index is 1.71. The van der Waals surface area contributed by atoms with Gasteiger partial charge in [0.05, 0.1) is 31.6 Å². The average Bonchev–Trinajstić information content (AvgIpc) is 2.88. The van der Waals surface area contributed by atoms with E-state index in [2.05, 4.69) is 30.3 Å². The van der Waals surface area contributed by atoms with Gasteiger partial charge in [-0.2, -0.15) is 5.10 Å². The maximum atomic E-state index is 5.56. The summed E-state index contributed by atoms with van der Waals surface area (Å²) in [6, 6.07) is 2.53. The van der Waals surface area contributed by atoms with Crippen molar-refractivity contribution >= 4 is 0 Å². The van der Waals surface area contributed by atoms with Crippen LogP contribution in [0.4, 0.5) is 0 Å². The fourth-order valence-corrected chi connectivity index (χ4v) is 1.92. The third-order valence-electron chi connectivity index (χ3n) is 3.27. The fourth-order valence-electron chi connectivity index (χ4n) is 1.92.